The largest absolute Gasteiger partial charge is 0.443 e. The lowest BCUT2D eigenvalue weighted by molar-refractivity contribution is -0.0547. The molecule has 104 valence electrons. The summed E-state index contributed by atoms with van der Waals surface area (Å²) in [6, 6.07) is 9.78. The van der Waals surface area contributed by atoms with Crippen molar-refractivity contribution in [3.63, 3.8) is 0 Å². The van der Waals surface area contributed by atoms with Crippen LogP contribution in [0.15, 0.2) is 30.3 Å². The van der Waals surface area contributed by atoms with Crippen LogP contribution in [-0.2, 0) is 11.2 Å². The molecule has 3 atom stereocenters. The summed E-state index contributed by atoms with van der Waals surface area (Å²) in [5.41, 5.74) is 1.19. The maximum atomic E-state index is 11.5. The molecule has 1 aromatic rings. The van der Waals surface area contributed by atoms with Gasteiger partial charge in [-0.2, -0.15) is 0 Å². The first-order chi connectivity index (χ1) is 9.08. The average Bonchev–Trinajstić information content (AvgIpc) is 2.40. The second kappa shape index (κ2) is 6.06. The van der Waals surface area contributed by atoms with Crippen molar-refractivity contribution in [2.45, 2.75) is 44.9 Å². The van der Waals surface area contributed by atoms with E-state index in [9.17, 15) is 9.90 Å². The predicted molar refractivity (Wildman–Crippen MR) is 72.8 cm³/mol. The van der Waals surface area contributed by atoms with E-state index in [1.807, 2.05) is 44.2 Å². The molecule has 0 saturated carbocycles. The molecule has 4 nitrogen and oxygen atoms in total. The SMILES string of the molecule is CC(C)[C@@H]1NC(=O)O[C@@H](CCc2ccccc2)[C@@H]1O. The number of nitrogens with one attached hydrogen (secondary N) is 1. The van der Waals surface area contributed by atoms with Crippen LogP contribution in [0.25, 0.3) is 0 Å². The van der Waals surface area contributed by atoms with E-state index in [1.165, 1.54) is 5.56 Å². The average molecular weight is 263 g/mol. The first kappa shape index (κ1) is 13.9. The molecule has 0 aliphatic carbocycles. The fraction of sp³-hybridized carbons (Fsp3) is 0.533. The van der Waals surface area contributed by atoms with E-state index in [0.29, 0.717) is 6.42 Å². The third-order valence-electron chi connectivity index (χ3n) is 3.57. The van der Waals surface area contributed by atoms with Crippen molar-refractivity contribution >= 4 is 6.09 Å². The molecule has 2 rings (SSSR count). The van der Waals surface area contributed by atoms with Crippen LogP contribution in [0.2, 0.25) is 0 Å². The summed E-state index contributed by atoms with van der Waals surface area (Å²) < 4.78 is 5.20. The van der Waals surface area contributed by atoms with Crippen molar-refractivity contribution in [1.82, 2.24) is 5.32 Å². The van der Waals surface area contributed by atoms with E-state index in [0.717, 1.165) is 6.42 Å². The summed E-state index contributed by atoms with van der Waals surface area (Å²) in [7, 11) is 0. The van der Waals surface area contributed by atoms with E-state index in [2.05, 4.69) is 5.32 Å². The van der Waals surface area contributed by atoms with Crippen LogP contribution in [-0.4, -0.2) is 29.4 Å². The lowest BCUT2D eigenvalue weighted by Crippen LogP contribution is -2.58. The molecule has 0 bridgehead atoms. The second-order valence-corrected chi connectivity index (χ2v) is 5.37. The molecule has 19 heavy (non-hydrogen) atoms. The van der Waals surface area contributed by atoms with Gasteiger partial charge in [-0.15, -0.1) is 0 Å². The molecular formula is C15H21NO3. The van der Waals surface area contributed by atoms with Crippen LogP contribution in [0, 0.1) is 5.92 Å². The number of carbonyl (C=O) groups is 1. The smallest absolute Gasteiger partial charge is 0.407 e. The van der Waals surface area contributed by atoms with Crippen molar-refractivity contribution in [2.24, 2.45) is 5.92 Å². The van der Waals surface area contributed by atoms with Gasteiger partial charge in [0, 0.05) is 0 Å². The normalized spacial score (nSPS) is 26.9. The Morgan fingerprint density at radius 3 is 2.63 bits per heavy atom. The van der Waals surface area contributed by atoms with Gasteiger partial charge in [-0.3, -0.25) is 0 Å². The zero-order chi connectivity index (χ0) is 13.8. The number of ether oxygens (including phenoxy) is 1. The standard InChI is InChI=1S/C15H21NO3/c1-10(2)13-14(17)12(19-15(18)16-13)9-8-11-6-4-3-5-7-11/h3-7,10,12-14,17H,8-9H2,1-2H3,(H,16,18)/t12-,13-,14-/m0/s1. The van der Waals surface area contributed by atoms with Gasteiger partial charge in [-0.1, -0.05) is 44.2 Å². The first-order valence-electron chi connectivity index (χ1n) is 6.77. The Bertz CT molecular complexity index is 419. The fourth-order valence-corrected chi connectivity index (χ4v) is 2.44. The molecular weight excluding hydrogens is 242 g/mol. The van der Waals surface area contributed by atoms with Crippen LogP contribution in [0.1, 0.15) is 25.8 Å². The van der Waals surface area contributed by atoms with Gasteiger partial charge >= 0.3 is 6.09 Å². The van der Waals surface area contributed by atoms with Gasteiger partial charge in [0.2, 0.25) is 0 Å². The maximum Gasteiger partial charge on any atom is 0.407 e. The van der Waals surface area contributed by atoms with Crippen molar-refractivity contribution < 1.29 is 14.6 Å². The second-order valence-electron chi connectivity index (χ2n) is 5.37. The van der Waals surface area contributed by atoms with Crippen molar-refractivity contribution in [3.05, 3.63) is 35.9 Å². The minimum Gasteiger partial charge on any atom is -0.443 e. The monoisotopic (exact) mass is 263 g/mol. The van der Waals surface area contributed by atoms with Gasteiger partial charge in [0.1, 0.15) is 12.2 Å². The maximum absolute atomic E-state index is 11.5. The highest BCUT2D eigenvalue weighted by molar-refractivity contribution is 5.69. The molecule has 0 spiro atoms. The van der Waals surface area contributed by atoms with Crippen molar-refractivity contribution in [3.8, 4) is 0 Å². The Kier molecular flexibility index (Phi) is 4.43. The summed E-state index contributed by atoms with van der Waals surface area (Å²) in [5.74, 6) is 0.182. The number of amides is 1. The highest BCUT2D eigenvalue weighted by Crippen LogP contribution is 2.21. The van der Waals surface area contributed by atoms with Gasteiger partial charge in [-0.05, 0) is 24.3 Å². The Labute approximate surface area is 113 Å². The summed E-state index contributed by atoms with van der Waals surface area (Å²) in [6.07, 6.45) is -0.0764. The highest BCUT2D eigenvalue weighted by atomic mass is 16.6. The summed E-state index contributed by atoms with van der Waals surface area (Å²) >= 11 is 0. The van der Waals surface area contributed by atoms with Crippen molar-refractivity contribution in [1.29, 1.82) is 0 Å². The number of carbonyl (C=O) groups excluding carboxylic acids is 1. The van der Waals surface area contributed by atoms with E-state index in [-0.39, 0.29) is 12.0 Å². The number of aryl methyl sites for hydroxylation is 1. The molecule has 0 unspecified atom stereocenters. The molecule has 0 radical (unpaired) electrons. The number of cyclic esters (lactones) is 1. The van der Waals surface area contributed by atoms with Crippen LogP contribution in [0.5, 0.6) is 0 Å². The fourth-order valence-electron chi connectivity index (χ4n) is 2.44. The number of benzene rings is 1. The molecule has 1 aliphatic heterocycles. The van der Waals surface area contributed by atoms with Gasteiger partial charge in [0.15, 0.2) is 0 Å². The van der Waals surface area contributed by atoms with Gasteiger partial charge < -0.3 is 15.2 Å². The topological polar surface area (TPSA) is 58.6 Å². The minimum absolute atomic E-state index is 0.182. The van der Waals surface area contributed by atoms with Crippen LogP contribution >= 0.6 is 0 Å². The summed E-state index contributed by atoms with van der Waals surface area (Å²) in [5, 5.41) is 12.9. The molecule has 0 aromatic heterocycles. The molecule has 1 heterocycles. The van der Waals surface area contributed by atoms with Crippen LogP contribution in [0.3, 0.4) is 0 Å². The molecule has 4 heteroatoms. The van der Waals surface area contributed by atoms with E-state index in [4.69, 9.17) is 4.74 Å². The number of aliphatic hydroxyl groups excluding tert-OH is 1. The Balaban J connectivity index is 1.97. The molecule has 1 fully saturated rings. The zero-order valence-corrected chi connectivity index (χ0v) is 11.4. The molecule has 1 amide bonds. The van der Waals surface area contributed by atoms with Crippen LogP contribution < -0.4 is 5.32 Å². The molecule has 2 N–H and O–H groups in total. The van der Waals surface area contributed by atoms with Gasteiger partial charge in [0.25, 0.3) is 0 Å². The van der Waals surface area contributed by atoms with Gasteiger partial charge in [0.05, 0.1) is 6.04 Å². The summed E-state index contributed by atoms with van der Waals surface area (Å²) in [6.45, 7) is 3.96. The van der Waals surface area contributed by atoms with Gasteiger partial charge in [-0.25, -0.2) is 4.79 Å². The zero-order valence-electron chi connectivity index (χ0n) is 11.4. The number of hydrogen-bond donors (Lipinski definition) is 2. The first-order valence-corrected chi connectivity index (χ1v) is 6.77. The van der Waals surface area contributed by atoms with Crippen molar-refractivity contribution in [2.75, 3.05) is 0 Å². The minimum atomic E-state index is -0.651. The number of hydrogen-bond acceptors (Lipinski definition) is 3. The van der Waals surface area contributed by atoms with E-state index in [1.54, 1.807) is 0 Å². The Morgan fingerprint density at radius 1 is 1.32 bits per heavy atom. The Morgan fingerprint density at radius 2 is 2.00 bits per heavy atom. The quantitative estimate of drug-likeness (QED) is 0.874. The molecule has 1 saturated heterocycles. The number of aliphatic hydroxyl groups is 1. The third kappa shape index (κ3) is 3.47. The van der Waals surface area contributed by atoms with E-state index < -0.39 is 18.3 Å². The Hall–Kier alpha value is -1.55. The number of alkyl carbamates (subject to hydrolysis) is 1. The molecule has 1 aromatic carbocycles. The lowest BCUT2D eigenvalue weighted by Gasteiger charge is -2.37. The highest BCUT2D eigenvalue weighted by Gasteiger charge is 2.38. The lowest BCUT2D eigenvalue weighted by atomic mass is 9.91. The third-order valence-corrected chi connectivity index (χ3v) is 3.57. The number of rotatable bonds is 4. The van der Waals surface area contributed by atoms with E-state index >= 15 is 0 Å². The summed E-state index contributed by atoms with van der Waals surface area (Å²) in [4.78, 5) is 11.5. The van der Waals surface area contributed by atoms with Crippen LogP contribution in [0.4, 0.5) is 4.79 Å². The molecule has 1 aliphatic rings. The predicted octanol–water partition coefficient (Wildman–Crippen LogP) is 2.11.